The molecule has 2 unspecified atom stereocenters. The largest absolute Gasteiger partial charge is 0.393 e. The first-order chi connectivity index (χ1) is 8.13. The molecule has 2 heterocycles. The number of rotatable bonds is 2. The van der Waals surface area contributed by atoms with Crippen LogP contribution in [0.4, 0.5) is 11.5 Å². The van der Waals surface area contributed by atoms with Gasteiger partial charge in [0.15, 0.2) is 11.0 Å². The molecule has 0 aliphatic carbocycles. The molecular formula is C11H17ClN4O. The van der Waals surface area contributed by atoms with Gasteiger partial charge in [-0.25, -0.2) is 9.97 Å². The van der Waals surface area contributed by atoms with Gasteiger partial charge < -0.3 is 15.4 Å². The highest BCUT2D eigenvalue weighted by Crippen LogP contribution is 2.29. The fraction of sp³-hybridized carbons (Fsp3) is 0.636. The third kappa shape index (κ3) is 2.45. The Morgan fingerprint density at radius 3 is 3.06 bits per heavy atom. The van der Waals surface area contributed by atoms with Gasteiger partial charge in [-0.05, 0) is 13.3 Å². The monoisotopic (exact) mass is 256 g/mol. The van der Waals surface area contributed by atoms with E-state index in [9.17, 15) is 0 Å². The SMILES string of the molecule is CCC1COC(C)CN1c1ncnc(Cl)c1N. The van der Waals surface area contributed by atoms with Crippen molar-refractivity contribution in [1.29, 1.82) is 0 Å². The molecule has 2 N–H and O–H groups in total. The van der Waals surface area contributed by atoms with E-state index in [0.717, 1.165) is 13.0 Å². The Kier molecular flexibility index (Phi) is 3.69. The highest BCUT2D eigenvalue weighted by Gasteiger charge is 2.28. The minimum atomic E-state index is 0.172. The lowest BCUT2D eigenvalue weighted by molar-refractivity contribution is 0.0297. The highest BCUT2D eigenvalue weighted by atomic mass is 35.5. The molecule has 1 aliphatic rings. The molecule has 0 amide bonds. The average molecular weight is 257 g/mol. The zero-order valence-corrected chi connectivity index (χ0v) is 10.8. The zero-order valence-electron chi connectivity index (χ0n) is 10.1. The van der Waals surface area contributed by atoms with Crippen LogP contribution in [0.5, 0.6) is 0 Å². The van der Waals surface area contributed by atoms with Crippen molar-refractivity contribution in [2.75, 3.05) is 23.8 Å². The van der Waals surface area contributed by atoms with E-state index in [2.05, 4.69) is 21.8 Å². The number of ether oxygens (including phenoxy) is 1. The minimum absolute atomic E-state index is 0.172. The van der Waals surface area contributed by atoms with Crippen LogP contribution in [0, 0.1) is 0 Å². The molecule has 5 nitrogen and oxygen atoms in total. The first-order valence-electron chi connectivity index (χ1n) is 5.77. The number of halogens is 1. The van der Waals surface area contributed by atoms with Crippen LogP contribution in [-0.2, 0) is 4.74 Å². The summed E-state index contributed by atoms with van der Waals surface area (Å²) in [5.74, 6) is 0.715. The molecule has 0 bridgehead atoms. The van der Waals surface area contributed by atoms with Crippen molar-refractivity contribution in [1.82, 2.24) is 9.97 Å². The topological polar surface area (TPSA) is 64.3 Å². The summed E-state index contributed by atoms with van der Waals surface area (Å²) in [5, 5.41) is 0.309. The lowest BCUT2D eigenvalue weighted by Crippen LogP contribution is -2.49. The Morgan fingerprint density at radius 2 is 2.35 bits per heavy atom. The first-order valence-corrected chi connectivity index (χ1v) is 6.15. The van der Waals surface area contributed by atoms with E-state index in [1.807, 2.05) is 6.92 Å². The summed E-state index contributed by atoms with van der Waals surface area (Å²) in [7, 11) is 0. The van der Waals surface area contributed by atoms with Gasteiger partial charge in [-0.3, -0.25) is 0 Å². The number of aromatic nitrogens is 2. The Morgan fingerprint density at radius 1 is 1.59 bits per heavy atom. The maximum Gasteiger partial charge on any atom is 0.157 e. The Hall–Kier alpha value is -1.07. The molecule has 94 valence electrons. The smallest absolute Gasteiger partial charge is 0.157 e. The van der Waals surface area contributed by atoms with Gasteiger partial charge >= 0.3 is 0 Å². The molecule has 1 saturated heterocycles. The molecule has 17 heavy (non-hydrogen) atoms. The van der Waals surface area contributed by atoms with Gasteiger partial charge in [0.25, 0.3) is 0 Å². The van der Waals surface area contributed by atoms with Crippen LogP contribution >= 0.6 is 11.6 Å². The number of hydrogen-bond acceptors (Lipinski definition) is 5. The summed E-state index contributed by atoms with van der Waals surface area (Å²) in [6.07, 6.45) is 2.60. The number of nitrogens with two attached hydrogens (primary N) is 1. The highest BCUT2D eigenvalue weighted by molar-refractivity contribution is 6.32. The van der Waals surface area contributed by atoms with Gasteiger partial charge in [0.2, 0.25) is 0 Å². The van der Waals surface area contributed by atoms with Crippen molar-refractivity contribution < 1.29 is 4.74 Å². The Bertz CT molecular complexity index is 401. The summed E-state index contributed by atoms with van der Waals surface area (Å²) in [4.78, 5) is 10.3. The van der Waals surface area contributed by atoms with E-state index in [1.54, 1.807) is 0 Å². The van der Waals surface area contributed by atoms with Crippen LogP contribution in [0.2, 0.25) is 5.15 Å². The quantitative estimate of drug-likeness (QED) is 0.817. The summed E-state index contributed by atoms with van der Waals surface area (Å²) in [6.45, 7) is 5.63. The van der Waals surface area contributed by atoms with Crippen LogP contribution in [0.15, 0.2) is 6.33 Å². The van der Waals surface area contributed by atoms with Gasteiger partial charge in [0, 0.05) is 6.54 Å². The molecule has 0 saturated carbocycles. The molecule has 1 aromatic rings. The molecule has 0 aromatic carbocycles. The van der Waals surface area contributed by atoms with Gasteiger partial charge in [-0.15, -0.1) is 0 Å². The van der Waals surface area contributed by atoms with Crippen LogP contribution in [0.1, 0.15) is 20.3 Å². The maximum atomic E-state index is 5.94. The first kappa shape index (κ1) is 12.4. The van der Waals surface area contributed by atoms with Crippen molar-refractivity contribution in [3.05, 3.63) is 11.5 Å². The number of morpholine rings is 1. The van der Waals surface area contributed by atoms with E-state index < -0.39 is 0 Å². The molecule has 0 radical (unpaired) electrons. The summed E-state index contributed by atoms with van der Waals surface area (Å²) >= 11 is 5.93. The second-order valence-electron chi connectivity index (χ2n) is 4.26. The van der Waals surface area contributed by atoms with Crippen LogP contribution in [0.3, 0.4) is 0 Å². The molecule has 1 fully saturated rings. The number of anilines is 2. The molecule has 1 aliphatic heterocycles. The predicted molar refractivity (Wildman–Crippen MR) is 68.3 cm³/mol. The average Bonchev–Trinajstić information content (AvgIpc) is 2.33. The zero-order chi connectivity index (χ0) is 12.4. The molecular weight excluding hydrogens is 240 g/mol. The van der Waals surface area contributed by atoms with Gasteiger partial charge in [-0.2, -0.15) is 0 Å². The molecule has 1 aromatic heterocycles. The van der Waals surface area contributed by atoms with E-state index in [1.165, 1.54) is 6.33 Å². The van der Waals surface area contributed by atoms with Gasteiger partial charge in [0.05, 0.1) is 18.8 Å². The van der Waals surface area contributed by atoms with Gasteiger partial charge in [-0.1, -0.05) is 18.5 Å². The van der Waals surface area contributed by atoms with Crippen molar-refractivity contribution in [2.24, 2.45) is 0 Å². The fourth-order valence-electron chi connectivity index (χ4n) is 2.04. The Balaban J connectivity index is 2.32. The van der Waals surface area contributed by atoms with Crippen molar-refractivity contribution in [3.63, 3.8) is 0 Å². The third-order valence-corrected chi connectivity index (χ3v) is 3.33. The molecule has 6 heteroatoms. The second kappa shape index (κ2) is 5.06. The standard InChI is InChI=1S/C11H17ClN4O/c1-3-8-5-17-7(2)4-16(8)11-9(13)10(12)14-6-15-11/h6-8H,3-5,13H2,1-2H3. The lowest BCUT2D eigenvalue weighted by Gasteiger charge is -2.39. The number of hydrogen-bond donors (Lipinski definition) is 1. The lowest BCUT2D eigenvalue weighted by atomic mass is 10.1. The molecule has 2 atom stereocenters. The summed E-state index contributed by atoms with van der Waals surface area (Å²) in [5.41, 5.74) is 6.38. The van der Waals surface area contributed by atoms with Crippen LogP contribution < -0.4 is 10.6 Å². The normalized spacial score (nSPS) is 25.0. The summed E-state index contributed by atoms with van der Waals surface area (Å²) in [6, 6.07) is 0.291. The third-order valence-electron chi connectivity index (χ3n) is 3.03. The van der Waals surface area contributed by atoms with Crippen molar-refractivity contribution in [3.8, 4) is 0 Å². The molecule has 2 rings (SSSR count). The van der Waals surface area contributed by atoms with E-state index in [-0.39, 0.29) is 6.10 Å². The number of nitrogen functional groups attached to an aromatic ring is 1. The van der Waals surface area contributed by atoms with E-state index in [0.29, 0.717) is 29.3 Å². The van der Waals surface area contributed by atoms with Crippen molar-refractivity contribution in [2.45, 2.75) is 32.4 Å². The number of nitrogens with zero attached hydrogens (tertiary/aromatic N) is 3. The van der Waals surface area contributed by atoms with Crippen molar-refractivity contribution >= 4 is 23.1 Å². The predicted octanol–water partition coefficient (Wildman–Crippen LogP) is 1.72. The minimum Gasteiger partial charge on any atom is -0.393 e. The van der Waals surface area contributed by atoms with Crippen LogP contribution in [0.25, 0.3) is 0 Å². The second-order valence-corrected chi connectivity index (χ2v) is 4.62. The van der Waals surface area contributed by atoms with Crippen LogP contribution in [-0.4, -0.2) is 35.3 Å². The van der Waals surface area contributed by atoms with Gasteiger partial charge in [0.1, 0.15) is 12.0 Å². The Labute approximate surface area is 106 Å². The van der Waals surface area contributed by atoms with E-state index in [4.69, 9.17) is 22.1 Å². The van der Waals surface area contributed by atoms with E-state index >= 15 is 0 Å². The molecule has 0 spiro atoms. The maximum absolute atomic E-state index is 5.94. The summed E-state index contributed by atoms with van der Waals surface area (Å²) < 4.78 is 5.64. The fourth-order valence-corrected chi connectivity index (χ4v) is 2.16.